The van der Waals surface area contributed by atoms with E-state index < -0.39 is 16.3 Å². The first kappa shape index (κ1) is 21.4. The molecule has 2 atom stereocenters. The van der Waals surface area contributed by atoms with Crippen molar-refractivity contribution in [2.24, 2.45) is 11.7 Å². The van der Waals surface area contributed by atoms with Gasteiger partial charge in [-0.3, -0.25) is 0 Å². The van der Waals surface area contributed by atoms with Crippen LogP contribution in [-0.4, -0.2) is 36.6 Å². The largest absolute Gasteiger partial charge is 0.399 e. The molecule has 2 rings (SSSR count). The van der Waals surface area contributed by atoms with E-state index in [4.69, 9.17) is 11.5 Å². The van der Waals surface area contributed by atoms with Gasteiger partial charge in [-0.25, -0.2) is 8.42 Å². The molecular weight excluding hydrogens is 362 g/mol. The lowest BCUT2D eigenvalue weighted by molar-refractivity contribution is 0.0434. The van der Waals surface area contributed by atoms with Gasteiger partial charge in [-0.05, 0) is 42.2 Å². The van der Waals surface area contributed by atoms with E-state index >= 15 is 0 Å². The molecule has 148 valence electrons. The van der Waals surface area contributed by atoms with Gasteiger partial charge >= 0.3 is 0 Å². The number of aliphatic hydroxyl groups is 1. The van der Waals surface area contributed by atoms with Crippen molar-refractivity contribution in [3.8, 4) is 0 Å². The summed E-state index contributed by atoms with van der Waals surface area (Å²) in [7, 11) is -3.86. The molecule has 2 aromatic carbocycles. The van der Waals surface area contributed by atoms with Crippen molar-refractivity contribution in [2.45, 2.75) is 43.9 Å². The highest BCUT2D eigenvalue weighted by Crippen LogP contribution is 2.22. The average Bonchev–Trinajstić information content (AvgIpc) is 2.60. The highest BCUT2D eigenvalue weighted by Gasteiger charge is 2.31. The summed E-state index contributed by atoms with van der Waals surface area (Å²) in [5, 5.41) is 10.7. The van der Waals surface area contributed by atoms with Gasteiger partial charge in [-0.2, -0.15) is 4.31 Å². The minimum absolute atomic E-state index is 0.0496. The number of nitrogen functional groups attached to an aromatic ring is 1. The maximum atomic E-state index is 13.0. The maximum absolute atomic E-state index is 13.0. The van der Waals surface area contributed by atoms with Gasteiger partial charge in [-0.15, -0.1) is 0 Å². The summed E-state index contributed by atoms with van der Waals surface area (Å²) < 4.78 is 27.2. The molecule has 0 heterocycles. The fraction of sp³-hybridized carbons (Fsp3) is 0.400. The fourth-order valence-corrected chi connectivity index (χ4v) is 4.56. The van der Waals surface area contributed by atoms with E-state index in [2.05, 4.69) is 0 Å². The standard InChI is InChI=1S/C20H29N3O3S/c1-15(2)14-23(27(25,26)19-10-8-17(21)9-11-19)20(24)13-18(22)12-16-6-4-3-5-7-16/h3-11,15,18,20,24H,12-14,21-22H2,1-2H3. The third-order valence-electron chi connectivity index (χ3n) is 4.22. The Morgan fingerprint density at radius 1 is 1.04 bits per heavy atom. The van der Waals surface area contributed by atoms with E-state index in [0.29, 0.717) is 12.1 Å². The van der Waals surface area contributed by atoms with Crippen LogP contribution < -0.4 is 11.5 Å². The van der Waals surface area contributed by atoms with Crippen molar-refractivity contribution in [3.05, 3.63) is 60.2 Å². The number of hydrogen-bond acceptors (Lipinski definition) is 5. The quantitative estimate of drug-likeness (QED) is 0.448. The molecule has 2 aromatic rings. The third-order valence-corrected chi connectivity index (χ3v) is 6.10. The van der Waals surface area contributed by atoms with Crippen LogP contribution in [0.25, 0.3) is 0 Å². The molecule has 0 saturated heterocycles. The summed E-state index contributed by atoms with van der Waals surface area (Å²) in [6.07, 6.45) is -0.487. The molecule has 0 spiro atoms. The molecule has 7 heteroatoms. The zero-order valence-electron chi connectivity index (χ0n) is 15.8. The molecule has 0 aliphatic rings. The van der Waals surface area contributed by atoms with Crippen LogP contribution in [0.1, 0.15) is 25.8 Å². The summed E-state index contributed by atoms with van der Waals surface area (Å²) in [6, 6.07) is 15.3. The highest BCUT2D eigenvalue weighted by molar-refractivity contribution is 7.89. The lowest BCUT2D eigenvalue weighted by atomic mass is 10.0. The molecule has 0 aliphatic heterocycles. The first-order chi connectivity index (χ1) is 12.7. The number of rotatable bonds is 9. The number of sulfonamides is 1. The van der Waals surface area contributed by atoms with Gasteiger partial charge in [0, 0.05) is 24.7 Å². The number of aliphatic hydroxyl groups excluding tert-OH is 1. The second-order valence-corrected chi connectivity index (χ2v) is 9.09. The Bertz CT molecular complexity index is 808. The summed E-state index contributed by atoms with van der Waals surface area (Å²) in [5.41, 5.74) is 13.4. The maximum Gasteiger partial charge on any atom is 0.245 e. The van der Waals surface area contributed by atoms with Crippen molar-refractivity contribution in [2.75, 3.05) is 12.3 Å². The van der Waals surface area contributed by atoms with Gasteiger partial charge in [0.05, 0.1) is 4.90 Å². The fourth-order valence-electron chi connectivity index (χ4n) is 2.90. The first-order valence-corrected chi connectivity index (χ1v) is 10.5. The minimum atomic E-state index is -3.86. The topological polar surface area (TPSA) is 110 Å². The van der Waals surface area contributed by atoms with Crippen LogP contribution in [0.15, 0.2) is 59.5 Å². The summed E-state index contributed by atoms with van der Waals surface area (Å²) in [5.74, 6) is 0.0496. The summed E-state index contributed by atoms with van der Waals surface area (Å²) in [4.78, 5) is 0.105. The van der Waals surface area contributed by atoms with E-state index in [1.165, 1.54) is 24.3 Å². The van der Waals surface area contributed by atoms with Crippen LogP contribution in [0.2, 0.25) is 0 Å². The Morgan fingerprint density at radius 3 is 2.19 bits per heavy atom. The zero-order chi connectivity index (χ0) is 20.0. The monoisotopic (exact) mass is 391 g/mol. The van der Waals surface area contributed by atoms with Gasteiger partial charge in [-0.1, -0.05) is 44.2 Å². The van der Waals surface area contributed by atoms with Crippen molar-refractivity contribution in [1.29, 1.82) is 0 Å². The second-order valence-electron chi connectivity index (χ2n) is 7.20. The summed E-state index contributed by atoms with van der Waals surface area (Å²) >= 11 is 0. The Kier molecular flexibility index (Phi) is 7.38. The Hall–Kier alpha value is -1.93. The molecule has 0 amide bonds. The second kappa shape index (κ2) is 9.32. The molecule has 5 N–H and O–H groups in total. The molecule has 0 saturated carbocycles. The van der Waals surface area contributed by atoms with Crippen LogP contribution in [0, 0.1) is 5.92 Å². The van der Waals surface area contributed by atoms with Gasteiger partial charge < -0.3 is 16.6 Å². The van der Waals surface area contributed by atoms with Crippen LogP contribution in [0.5, 0.6) is 0 Å². The number of anilines is 1. The predicted octanol–water partition coefficient (Wildman–Crippen LogP) is 2.19. The van der Waals surface area contributed by atoms with Crippen molar-refractivity contribution >= 4 is 15.7 Å². The first-order valence-electron chi connectivity index (χ1n) is 9.05. The molecule has 0 radical (unpaired) electrons. The van der Waals surface area contributed by atoms with Gasteiger partial charge in [0.2, 0.25) is 10.0 Å². The Labute approximate surface area is 161 Å². The van der Waals surface area contributed by atoms with Crippen molar-refractivity contribution in [3.63, 3.8) is 0 Å². The van der Waals surface area contributed by atoms with E-state index in [1.807, 2.05) is 44.2 Å². The predicted molar refractivity (Wildman–Crippen MR) is 108 cm³/mol. The average molecular weight is 392 g/mol. The van der Waals surface area contributed by atoms with Crippen LogP contribution >= 0.6 is 0 Å². The Morgan fingerprint density at radius 2 is 1.63 bits per heavy atom. The van der Waals surface area contributed by atoms with Crippen molar-refractivity contribution < 1.29 is 13.5 Å². The number of nitrogens with zero attached hydrogens (tertiary/aromatic N) is 1. The molecule has 2 unspecified atom stereocenters. The SMILES string of the molecule is CC(C)CN(C(O)CC(N)Cc1ccccc1)S(=O)(=O)c1ccc(N)cc1. The molecule has 0 bridgehead atoms. The van der Waals surface area contributed by atoms with Gasteiger partial charge in [0.15, 0.2) is 0 Å². The molecule has 6 nitrogen and oxygen atoms in total. The normalized spacial score (nSPS) is 14.4. The van der Waals surface area contributed by atoms with E-state index in [9.17, 15) is 13.5 Å². The van der Waals surface area contributed by atoms with E-state index in [-0.39, 0.29) is 29.8 Å². The molecule has 27 heavy (non-hydrogen) atoms. The van der Waals surface area contributed by atoms with Crippen LogP contribution in [0.4, 0.5) is 5.69 Å². The lowest BCUT2D eigenvalue weighted by Gasteiger charge is -2.30. The van der Waals surface area contributed by atoms with Crippen molar-refractivity contribution in [1.82, 2.24) is 4.31 Å². The smallest absolute Gasteiger partial charge is 0.245 e. The molecule has 0 fully saturated rings. The molecule has 0 aromatic heterocycles. The van der Waals surface area contributed by atoms with Gasteiger partial charge in [0.1, 0.15) is 6.23 Å². The lowest BCUT2D eigenvalue weighted by Crippen LogP contribution is -2.45. The Balaban J connectivity index is 2.17. The number of nitrogens with two attached hydrogens (primary N) is 2. The molecule has 0 aliphatic carbocycles. The van der Waals surface area contributed by atoms with E-state index in [0.717, 1.165) is 9.87 Å². The third kappa shape index (κ3) is 6.04. The highest BCUT2D eigenvalue weighted by atomic mass is 32.2. The zero-order valence-corrected chi connectivity index (χ0v) is 16.6. The van der Waals surface area contributed by atoms with Gasteiger partial charge in [0.25, 0.3) is 0 Å². The minimum Gasteiger partial charge on any atom is -0.399 e. The number of hydrogen-bond donors (Lipinski definition) is 3. The van der Waals surface area contributed by atoms with Crippen LogP contribution in [-0.2, 0) is 16.4 Å². The van der Waals surface area contributed by atoms with Crippen LogP contribution in [0.3, 0.4) is 0 Å². The summed E-state index contributed by atoms with van der Waals surface area (Å²) in [6.45, 7) is 4.01. The molecular formula is C20H29N3O3S. The number of benzene rings is 2. The van der Waals surface area contributed by atoms with E-state index in [1.54, 1.807) is 0 Å².